The average molecular weight is 293 g/mol. The second-order valence-electron chi connectivity index (χ2n) is 4.92. The van der Waals surface area contributed by atoms with E-state index in [0.29, 0.717) is 4.77 Å². The molecule has 3 rings (SSSR count). The van der Waals surface area contributed by atoms with E-state index >= 15 is 0 Å². The van der Waals surface area contributed by atoms with Crippen molar-refractivity contribution in [1.82, 2.24) is 14.9 Å². The van der Waals surface area contributed by atoms with Gasteiger partial charge in [-0.1, -0.05) is 0 Å². The summed E-state index contributed by atoms with van der Waals surface area (Å²) in [6.07, 6.45) is 0.779. The Balaban J connectivity index is 1.82. The first kappa shape index (κ1) is 12.8. The molecule has 4 nitrogen and oxygen atoms in total. The molecule has 0 saturated carbocycles. The second kappa shape index (κ2) is 5.03. The van der Waals surface area contributed by atoms with Crippen molar-refractivity contribution in [3.63, 3.8) is 0 Å². The lowest BCUT2D eigenvalue weighted by atomic mass is 10.1. The molecule has 0 aromatic carbocycles. The van der Waals surface area contributed by atoms with Crippen LogP contribution >= 0.6 is 23.6 Å². The predicted molar refractivity (Wildman–Crippen MR) is 79.1 cm³/mol. The maximum Gasteiger partial charge on any atom is 0.255 e. The van der Waals surface area contributed by atoms with Crippen molar-refractivity contribution in [2.45, 2.75) is 26.4 Å². The van der Waals surface area contributed by atoms with Crippen molar-refractivity contribution >= 4 is 23.6 Å². The number of aromatic nitrogens is 2. The Morgan fingerprint density at radius 1 is 1.47 bits per heavy atom. The lowest BCUT2D eigenvalue weighted by Gasteiger charge is -2.27. The number of H-pyrrole nitrogens is 2. The van der Waals surface area contributed by atoms with Crippen LogP contribution in [0.15, 0.2) is 16.2 Å². The van der Waals surface area contributed by atoms with Crippen molar-refractivity contribution < 1.29 is 0 Å². The van der Waals surface area contributed by atoms with E-state index in [1.54, 1.807) is 11.3 Å². The quantitative estimate of drug-likeness (QED) is 0.836. The van der Waals surface area contributed by atoms with E-state index in [0.717, 1.165) is 37.3 Å². The van der Waals surface area contributed by atoms with Crippen LogP contribution in [0.3, 0.4) is 0 Å². The van der Waals surface area contributed by atoms with E-state index in [4.69, 9.17) is 12.2 Å². The topological polar surface area (TPSA) is 51.9 Å². The first-order valence-corrected chi connectivity index (χ1v) is 7.51. The molecule has 0 bridgehead atoms. The summed E-state index contributed by atoms with van der Waals surface area (Å²) < 4.78 is 0.414. The number of fused-ring (bicyclic) bond motifs is 1. The van der Waals surface area contributed by atoms with E-state index in [9.17, 15) is 4.79 Å². The zero-order valence-electron chi connectivity index (χ0n) is 10.7. The van der Waals surface area contributed by atoms with Crippen molar-refractivity contribution in [2.24, 2.45) is 0 Å². The predicted octanol–water partition coefficient (Wildman–Crippen LogP) is 2.36. The lowest BCUT2D eigenvalue weighted by Crippen LogP contribution is -2.34. The van der Waals surface area contributed by atoms with Gasteiger partial charge in [-0.3, -0.25) is 14.7 Å². The van der Waals surface area contributed by atoms with Crippen LogP contribution in [0.25, 0.3) is 0 Å². The average Bonchev–Trinajstić information content (AvgIpc) is 2.74. The van der Waals surface area contributed by atoms with Gasteiger partial charge in [0.2, 0.25) is 0 Å². The molecule has 1 aliphatic rings. The monoisotopic (exact) mass is 293 g/mol. The second-order valence-corrected chi connectivity index (χ2v) is 6.32. The van der Waals surface area contributed by atoms with Crippen LogP contribution in [0.2, 0.25) is 0 Å². The number of thiophene rings is 1. The van der Waals surface area contributed by atoms with Gasteiger partial charge in [-0.2, -0.15) is 0 Å². The maximum atomic E-state index is 11.8. The maximum absolute atomic E-state index is 11.8. The van der Waals surface area contributed by atoms with Crippen molar-refractivity contribution in [1.29, 1.82) is 0 Å². The minimum absolute atomic E-state index is 0.0367. The Hall–Kier alpha value is -1.24. The molecule has 100 valence electrons. The van der Waals surface area contributed by atoms with Crippen LogP contribution in [-0.4, -0.2) is 21.4 Å². The zero-order chi connectivity index (χ0) is 13.4. The van der Waals surface area contributed by atoms with Crippen LogP contribution < -0.4 is 5.56 Å². The summed E-state index contributed by atoms with van der Waals surface area (Å²) in [4.78, 5) is 21.3. The minimum atomic E-state index is -0.0367. The Morgan fingerprint density at radius 3 is 3.05 bits per heavy atom. The number of aryl methyl sites for hydroxylation is 1. The van der Waals surface area contributed by atoms with Gasteiger partial charge in [0.1, 0.15) is 0 Å². The van der Waals surface area contributed by atoms with Crippen LogP contribution in [0, 0.1) is 11.7 Å². The number of nitrogens with one attached hydrogen (secondary N) is 2. The molecule has 2 N–H and O–H groups in total. The van der Waals surface area contributed by atoms with Crippen molar-refractivity contribution in [2.75, 3.05) is 6.54 Å². The minimum Gasteiger partial charge on any atom is -0.334 e. The standard InChI is InChI=1S/C13H15N3OS2/c1-8-4-9(19-7-8)5-16-3-2-10-11(6-16)14-13(18)15-12(10)17/h4,7H,2-3,5-6H2,1H3,(H2,14,15,17,18). The van der Waals surface area contributed by atoms with Gasteiger partial charge in [0.05, 0.1) is 0 Å². The molecular weight excluding hydrogens is 278 g/mol. The first-order chi connectivity index (χ1) is 9.11. The largest absolute Gasteiger partial charge is 0.334 e. The molecule has 0 spiro atoms. The van der Waals surface area contributed by atoms with Gasteiger partial charge in [-0.25, -0.2) is 0 Å². The third kappa shape index (κ3) is 2.70. The highest BCUT2D eigenvalue weighted by Gasteiger charge is 2.19. The summed E-state index contributed by atoms with van der Waals surface area (Å²) in [5.41, 5.74) is 3.10. The molecule has 0 amide bonds. The molecule has 0 unspecified atom stereocenters. The molecule has 0 fully saturated rings. The highest BCUT2D eigenvalue weighted by Crippen LogP contribution is 2.20. The van der Waals surface area contributed by atoms with Crippen molar-refractivity contribution in [3.05, 3.63) is 48.3 Å². The highest BCUT2D eigenvalue weighted by atomic mass is 32.1. The molecule has 19 heavy (non-hydrogen) atoms. The van der Waals surface area contributed by atoms with E-state index < -0.39 is 0 Å². The third-order valence-corrected chi connectivity index (χ3v) is 4.60. The van der Waals surface area contributed by atoms with Crippen LogP contribution in [0.5, 0.6) is 0 Å². The highest BCUT2D eigenvalue weighted by molar-refractivity contribution is 7.71. The van der Waals surface area contributed by atoms with E-state index in [2.05, 4.69) is 33.2 Å². The van der Waals surface area contributed by atoms with Gasteiger partial charge in [0.25, 0.3) is 5.56 Å². The van der Waals surface area contributed by atoms with Gasteiger partial charge in [0, 0.05) is 35.8 Å². The Kier molecular flexibility index (Phi) is 3.38. The third-order valence-electron chi connectivity index (χ3n) is 3.35. The summed E-state index contributed by atoms with van der Waals surface area (Å²) in [5, 5.41) is 2.17. The summed E-state index contributed by atoms with van der Waals surface area (Å²) in [7, 11) is 0. The SMILES string of the molecule is Cc1csc(CN2CCc3c([nH]c(=S)[nH]c3=O)C2)c1. The molecule has 2 aromatic heterocycles. The van der Waals surface area contributed by atoms with Crippen LogP contribution in [-0.2, 0) is 19.5 Å². The summed E-state index contributed by atoms with van der Waals surface area (Å²) >= 11 is 6.82. The van der Waals surface area contributed by atoms with E-state index in [1.165, 1.54) is 10.4 Å². The summed E-state index contributed by atoms with van der Waals surface area (Å²) in [6.45, 7) is 4.73. The molecule has 0 saturated heterocycles. The van der Waals surface area contributed by atoms with E-state index in [1.807, 2.05) is 0 Å². The summed E-state index contributed by atoms with van der Waals surface area (Å²) in [5.74, 6) is 0. The molecule has 0 aliphatic carbocycles. The van der Waals surface area contributed by atoms with Gasteiger partial charge in [0.15, 0.2) is 4.77 Å². The van der Waals surface area contributed by atoms with Gasteiger partial charge >= 0.3 is 0 Å². The van der Waals surface area contributed by atoms with Crippen LogP contribution in [0.4, 0.5) is 0 Å². The van der Waals surface area contributed by atoms with Gasteiger partial charge < -0.3 is 4.98 Å². The van der Waals surface area contributed by atoms with Crippen LogP contribution in [0.1, 0.15) is 21.7 Å². The molecule has 1 aliphatic heterocycles. The Labute approximate surface area is 120 Å². The number of nitrogens with zero attached hydrogens (tertiary/aromatic N) is 1. The Morgan fingerprint density at radius 2 is 2.32 bits per heavy atom. The molecule has 0 atom stereocenters. The molecule has 3 heterocycles. The molecular formula is C13H15N3OS2. The number of hydrogen-bond donors (Lipinski definition) is 2. The van der Waals surface area contributed by atoms with E-state index in [-0.39, 0.29) is 5.56 Å². The Bertz CT molecular complexity index is 713. The van der Waals surface area contributed by atoms with Crippen molar-refractivity contribution in [3.8, 4) is 0 Å². The fourth-order valence-corrected chi connectivity index (χ4v) is 3.59. The molecule has 6 heteroatoms. The smallest absolute Gasteiger partial charge is 0.255 e. The van der Waals surface area contributed by atoms with Gasteiger partial charge in [-0.15, -0.1) is 11.3 Å². The lowest BCUT2D eigenvalue weighted by molar-refractivity contribution is 0.242. The molecule has 0 radical (unpaired) electrons. The van der Waals surface area contributed by atoms with Gasteiger partial charge in [-0.05, 0) is 42.6 Å². The number of rotatable bonds is 2. The normalized spacial score (nSPS) is 15.4. The fraction of sp³-hybridized carbons (Fsp3) is 0.385. The first-order valence-electron chi connectivity index (χ1n) is 6.22. The summed E-state index contributed by atoms with van der Waals surface area (Å²) in [6, 6.07) is 2.22. The number of hydrogen-bond acceptors (Lipinski definition) is 4. The number of aromatic amines is 2. The molecule has 2 aromatic rings. The fourth-order valence-electron chi connectivity index (χ4n) is 2.46. The zero-order valence-corrected chi connectivity index (χ0v) is 12.3.